The zero-order valence-electron chi connectivity index (χ0n) is 10.4. The number of hydrogen-bond donors (Lipinski definition) is 2. The van der Waals surface area contributed by atoms with E-state index in [0.29, 0.717) is 26.1 Å². The molecule has 0 saturated carbocycles. The fraction of sp³-hybridized carbons (Fsp3) is 0.462. The monoisotopic (exact) mass is 272 g/mol. The average molecular weight is 273 g/mol. The van der Waals surface area contributed by atoms with E-state index in [0.717, 1.165) is 18.6 Å². The molecule has 0 unspecified atom stereocenters. The molecule has 0 fully saturated rings. The van der Waals surface area contributed by atoms with Gasteiger partial charge in [0.1, 0.15) is 5.75 Å². The molecular formula is C13H21ClN2O2. The Hall–Kier alpha value is -1.26. The lowest BCUT2D eigenvalue weighted by Crippen LogP contribution is -2.26. The molecule has 0 bridgehead atoms. The van der Waals surface area contributed by atoms with E-state index in [1.54, 1.807) is 0 Å². The highest BCUT2D eigenvalue weighted by molar-refractivity contribution is 5.85. The molecule has 1 amide bonds. The van der Waals surface area contributed by atoms with Crippen LogP contribution in [0.2, 0.25) is 0 Å². The highest BCUT2D eigenvalue weighted by Gasteiger charge is 2.00. The van der Waals surface area contributed by atoms with Gasteiger partial charge in [0.15, 0.2) is 0 Å². The first-order chi connectivity index (χ1) is 8.33. The van der Waals surface area contributed by atoms with E-state index in [2.05, 4.69) is 5.32 Å². The molecule has 3 N–H and O–H groups in total. The van der Waals surface area contributed by atoms with Crippen LogP contribution in [-0.4, -0.2) is 25.6 Å². The molecule has 1 aromatic carbocycles. The van der Waals surface area contributed by atoms with E-state index in [1.165, 1.54) is 0 Å². The first kappa shape index (κ1) is 16.7. The minimum absolute atomic E-state index is 0. The minimum Gasteiger partial charge on any atom is -0.493 e. The zero-order chi connectivity index (χ0) is 12.3. The van der Waals surface area contributed by atoms with Gasteiger partial charge in [-0.2, -0.15) is 0 Å². The summed E-state index contributed by atoms with van der Waals surface area (Å²) in [6.45, 7) is 1.78. The van der Waals surface area contributed by atoms with Crippen molar-refractivity contribution in [3.8, 4) is 5.75 Å². The quantitative estimate of drug-likeness (QED) is 0.709. The number of carbonyl (C=O) groups is 1. The van der Waals surface area contributed by atoms with Gasteiger partial charge in [-0.05, 0) is 31.5 Å². The number of benzene rings is 1. The highest BCUT2D eigenvalue weighted by atomic mass is 35.5. The van der Waals surface area contributed by atoms with Crippen LogP contribution in [0.5, 0.6) is 5.75 Å². The SMILES string of the molecule is Cl.NCCCCNC(=O)CCOc1ccccc1. The first-order valence-electron chi connectivity index (χ1n) is 5.97. The third kappa shape index (κ3) is 7.92. The molecule has 0 heterocycles. The first-order valence-corrected chi connectivity index (χ1v) is 5.97. The molecule has 0 aliphatic carbocycles. The maximum Gasteiger partial charge on any atom is 0.223 e. The summed E-state index contributed by atoms with van der Waals surface area (Å²) in [6.07, 6.45) is 2.26. The fourth-order valence-corrected chi connectivity index (χ4v) is 1.36. The van der Waals surface area contributed by atoms with Gasteiger partial charge in [-0.15, -0.1) is 12.4 Å². The summed E-state index contributed by atoms with van der Waals surface area (Å²) in [5.41, 5.74) is 5.36. The van der Waals surface area contributed by atoms with Crippen molar-refractivity contribution in [2.45, 2.75) is 19.3 Å². The lowest BCUT2D eigenvalue weighted by Gasteiger charge is -2.06. The van der Waals surface area contributed by atoms with Crippen LogP contribution in [0.4, 0.5) is 0 Å². The molecule has 0 spiro atoms. The maximum atomic E-state index is 11.4. The van der Waals surface area contributed by atoms with Gasteiger partial charge in [-0.25, -0.2) is 0 Å². The predicted octanol–water partition coefficient (Wildman–Crippen LogP) is 1.73. The van der Waals surface area contributed by atoms with Gasteiger partial charge in [0.2, 0.25) is 5.91 Å². The Labute approximate surface area is 114 Å². The van der Waals surface area contributed by atoms with Gasteiger partial charge >= 0.3 is 0 Å². The molecule has 0 aliphatic heterocycles. The largest absolute Gasteiger partial charge is 0.493 e. The fourth-order valence-electron chi connectivity index (χ4n) is 1.36. The molecule has 1 rings (SSSR count). The lowest BCUT2D eigenvalue weighted by molar-refractivity contribution is -0.121. The average Bonchev–Trinajstić information content (AvgIpc) is 2.36. The van der Waals surface area contributed by atoms with Crippen LogP contribution in [0.1, 0.15) is 19.3 Å². The van der Waals surface area contributed by atoms with E-state index in [4.69, 9.17) is 10.5 Å². The van der Waals surface area contributed by atoms with Crippen LogP contribution in [0.15, 0.2) is 30.3 Å². The number of para-hydroxylation sites is 1. The number of hydrogen-bond acceptors (Lipinski definition) is 3. The Bertz CT molecular complexity index is 320. The highest BCUT2D eigenvalue weighted by Crippen LogP contribution is 2.08. The number of amides is 1. The Morgan fingerprint density at radius 1 is 1.22 bits per heavy atom. The van der Waals surface area contributed by atoms with Crippen molar-refractivity contribution >= 4 is 18.3 Å². The lowest BCUT2D eigenvalue weighted by atomic mass is 10.3. The smallest absolute Gasteiger partial charge is 0.223 e. The number of rotatable bonds is 8. The van der Waals surface area contributed by atoms with Crippen LogP contribution >= 0.6 is 12.4 Å². The molecule has 4 nitrogen and oxygen atoms in total. The summed E-state index contributed by atoms with van der Waals surface area (Å²) in [5, 5.41) is 2.83. The molecule has 0 radical (unpaired) electrons. The number of halogens is 1. The van der Waals surface area contributed by atoms with Crippen molar-refractivity contribution in [1.82, 2.24) is 5.32 Å². The van der Waals surface area contributed by atoms with Crippen molar-refractivity contribution in [2.75, 3.05) is 19.7 Å². The van der Waals surface area contributed by atoms with Crippen LogP contribution in [-0.2, 0) is 4.79 Å². The summed E-state index contributed by atoms with van der Waals surface area (Å²) < 4.78 is 5.42. The van der Waals surface area contributed by atoms with Crippen molar-refractivity contribution in [3.63, 3.8) is 0 Å². The summed E-state index contributed by atoms with van der Waals surface area (Å²) >= 11 is 0. The Kier molecular flexibility index (Phi) is 10.1. The second kappa shape index (κ2) is 10.9. The van der Waals surface area contributed by atoms with E-state index < -0.39 is 0 Å². The van der Waals surface area contributed by atoms with Crippen molar-refractivity contribution in [3.05, 3.63) is 30.3 Å². The van der Waals surface area contributed by atoms with Gasteiger partial charge in [-0.1, -0.05) is 18.2 Å². The maximum absolute atomic E-state index is 11.4. The van der Waals surface area contributed by atoms with Crippen molar-refractivity contribution < 1.29 is 9.53 Å². The van der Waals surface area contributed by atoms with Gasteiger partial charge in [0, 0.05) is 6.54 Å². The van der Waals surface area contributed by atoms with Gasteiger partial charge in [-0.3, -0.25) is 4.79 Å². The van der Waals surface area contributed by atoms with Crippen LogP contribution in [0.25, 0.3) is 0 Å². The summed E-state index contributed by atoms with van der Waals surface area (Å²) in [4.78, 5) is 11.4. The molecule has 0 atom stereocenters. The zero-order valence-corrected chi connectivity index (χ0v) is 11.2. The summed E-state index contributed by atoms with van der Waals surface area (Å²) in [5.74, 6) is 0.821. The summed E-state index contributed by atoms with van der Waals surface area (Å²) in [7, 11) is 0. The Morgan fingerprint density at radius 2 is 1.94 bits per heavy atom. The number of carbonyl (C=O) groups excluding carboxylic acids is 1. The molecule has 102 valence electrons. The third-order valence-electron chi connectivity index (χ3n) is 2.29. The molecule has 1 aromatic rings. The predicted molar refractivity (Wildman–Crippen MR) is 75.1 cm³/mol. The number of ether oxygens (including phenoxy) is 1. The van der Waals surface area contributed by atoms with Crippen LogP contribution < -0.4 is 15.8 Å². The second-order valence-electron chi connectivity index (χ2n) is 3.76. The number of unbranched alkanes of at least 4 members (excludes halogenated alkanes) is 1. The van der Waals surface area contributed by atoms with E-state index in [-0.39, 0.29) is 18.3 Å². The normalized spacial score (nSPS) is 9.39. The second-order valence-corrected chi connectivity index (χ2v) is 3.76. The van der Waals surface area contributed by atoms with E-state index >= 15 is 0 Å². The van der Waals surface area contributed by atoms with Crippen LogP contribution in [0.3, 0.4) is 0 Å². The van der Waals surface area contributed by atoms with Gasteiger partial charge in [0.05, 0.1) is 13.0 Å². The van der Waals surface area contributed by atoms with Crippen molar-refractivity contribution in [1.29, 1.82) is 0 Å². The topological polar surface area (TPSA) is 64.3 Å². The third-order valence-corrected chi connectivity index (χ3v) is 2.29. The molecule has 0 aliphatic rings. The molecule has 5 heteroatoms. The molecular weight excluding hydrogens is 252 g/mol. The van der Waals surface area contributed by atoms with E-state index in [9.17, 15) is 4.79 Å². The number of nitrogens with one attached hydrogen (secondary N) is 1. The van der Waals surface area contributed by atoms with Gasteiger partial charge in [0.25, 0.3) is 0 Å². The summed E-state index contributed by atoms with van der Waals surface area (Å²) in [6, 6.07) is 9.49. The standard InChI is InChI=1S/C13H20N2O2.ClH/c14-9-4-5-10-15-13(16)8-11-17-12-6-2-1-3-7-12;/h1-3,6-7H,4-5,8-11,14H2,(H,15,16);1H. The Balaban J connectivity index is 0.00000289. The molecule has 0 saturated heterocycles. The number of nitrogens with two attached hydrogens (primary N) is 1. The van der Waals surface area contributed by atoms with E-state index in [1.807, 2.05) is 30.3 Å². The van der Waals surface area contributed by atoms with Crippen molar-refractivity contribution in [2.24, 2.45) is 5.73 Å². The Morgan fingerprint density at radius 3 is 2.61 bits per heavy atom. The molecule has 18 heavy (non-hydrogen) atoms. The van der Waals surface area contributed by atoms with Crippen LogP contribution in [0, 0.1) is 0 Å². The minimum atomic E-state index is 0. The molecule has 0 aromatic heterocycles. The van der Waals surface area contributed by atoms with Gasteiger partial charge < -0.3 is 15.8 Å².